The van der Waals surface area contributed by atoms with Crippen LogP contribution in [0.5, 0.6) is 0 Å². The molecule has 6 heteroatoms. The Balaban J connectivity index is 0.00000200. The molecule has 0 bridgehead atoms. The highest BCUT2D eigenvalue weighted by Crippen LogP contribution is 2.26. The number of amides is 1. The molecule has 0 saturated heterocycles. The molecule has 0 atom stereocenters. The monoisotopic (exact) mass is 300 g/mol. The predicted octanol–water partition coefficient (Wildman–Crippen LogP) is 2.59. The van der Waals surface area contributed by atoms with E-state index in [0.717, 1.165) is 0 Å². The lowest BCUT2D eigenvalue weighted by atomic mass is 10.1. The number of hydrogen-bond donors (Lipinski definition) is 1. The molecule has 2 rings (SSSR count). The molecule has 20 heavy (non-hydrogen) atoms. The van der Waals surface area contributed by atoms with Gasteiger partial charge in [-0.05, 0) is 32.2 Å². The van der Waals surface area contributed by atoms with Crippen molar-refractivity contribution >= 4 is 29.3 Å². The van der Waals surface area contributed by atoms with E-state index in [0.29, 0.717) is 29.6 Å². The largest absolute Gasteiger partial charge is 0.451 e. The smallest absolute Gasteiger partial charge is 0.289 e. The highest BCUT2D eigenvalue weighted by atomic mass is 35.5. The van der Waals surface area contributed by atoms with Crippen molar-refractivity contribution in [3.05, 3.63) is 35.3 Å². The number of hydrogen-bond acceptors (Lipinski definition) is 3. The van der Waals surface area contributed by atoms with Crippen molar-refractivity contribution in [3.8, 4) is 0 Å². The number of halogens is 2. The number of carbonyl (C=O) groups is 1. The molecule has 1 N–H and O–H groups in total. The molecule has 1 heterocycles. The fourth-order valence-corrected chi connectivity index (χ4v) is 1.95. The zero-order valence-corrected chi connectivity index (χ0v) is 12.5. The molecule has 1 aromatic carbocycles. The molecular formula is C14H18ClFN2O2. The Morgan fingerprint density at radius 2 is 2.15 bits per heavy atom. The van der Waals surface area contributed by atoms with E-state index in [1.807, 2.05) is 7.05 Å². The number of nitrogens with zero attached hydrogens (tertiary/aromatic N) is 1. The van der Waals surface area contributed by atoms with Gasteiger partial charge >= 0.3 is 0 Å². The lowest BCUT2D eigenvalue weighted by Gasteiger charge is -2.15. The summed E-state index contributed by atoms with van der Waals surface area (Å²) in [6.45, 7) is 3.06. The van der Waals surface area contributed by atoms with E-state index in [-0.39, 0.29) is 29.9 Å². The van der Waals surface area contributed by atoms with Crippen LogP contribution in [0.3, 0.4) is 0 Å². The van der Waals surface area contributed by atoms with E-state index >= 15 is 0 Å². The molecule has 0 spiro atoms. The Bertz CT molecular complexity index is 612. The first-order valence-corrected chi connectivity index (χ1v) is 6.13. The lowest BCUT2D eigenvalue weighted by Crippen LogP contribution is -2.32. The van der Waals surface area contributed by atoms with Crippen LogP contribution in [0.2, 0.25) is 0 Å². The van der Waals surface area contributed by atoms with Gasteiger partial charge in [-0.2, -0.15) is 0 Å². The van der Waals surface area contributed by atoms with Gasteiger partial charge in [-0.1, -0.05) is 0 Å². The molecule has 1 amide bonds. The number of rotatable bonds is 4. The second-order valence-electron chi connectivity index (χ2n) is 4.53. The Morgan fingerprint density at radius 1 is 1.45 bits per heavy atom. The van der Waals surface area contributed by atoms with Crippen molar-refractivity contribution in [2.45, 2.75) is 6.92 Å². The highest BCUT2D eigenvalue weighted by Gasteiger charge is 2.20. The van der Waals surface area contributed by atoms with Crippen LogP contribution in [-0.4, -0.2) is 38.0 Å². The maximum Gasteiger partial charge on any atom is 0.289 e. The van der Waals surface area contributed by atoms with Crippen molar-refractivity contribution in [1.82, 2.24) is 10.2 Å². The third kappa shape index (κ3) is 3.11. The van der Waals surface area contributed by atoms with Crippen molar-refractivity contribution in [1.29, 1.82) is 0 Å². The van der Waals surface area contributed by atoms with Gasteiger partial charge in [-0.3, -0.25) is 4.79 Å². The summed E-state index contributed by atoms with van der Waals surface area (Å²) in [4.78, 5) is 13.8. The van der Waals surface area contributed by atoms with E-state index in [4.69, 9.17) is 4.42 Å². The average molecular weight is 301 g/mol. The zero-order chi connectivity index (χ0) is 14.0. The number of nitrogens with one attached hydrogen (secondary N) is 1. The summed E-state index contributed by atoms with van der Waals surface area (Å²) in [5.41, 5.74) is 1.21. The SMILES string of the molecule is CNCCN(C)C(=O)c1oc2ccc(F)cc2c1C.Cl. The normalized spacial score (nSPS) is 10.4. The van der Waals surface area contributed by atoms with Crippen LogP contribution >= 0.6 is 12.4 Å². The molecule has 0 aliphatic carbocycles. The Hall–Kier alpha value is -1.59. The number of aryl methyl sites for hydroxylation is 1. The molecule has 0 unspecified atom stereocenters. The summed E-state index contributed by atoms with van der Waals surface area (Å²) in [6.07, 6.45) is 0. The first-order chi connectivity index (χ1) is 9.04. The third-order valence-corrected chi connectivity index (χ3v) is 3.14. The van der Waals surface area contributed by atoms with Crippen LogP contribution in [0.1, 0.15) is 16.1 Å². The molecule has 2 aromatic rings. The first kappa shape index (κ1) is 16.5. The number of benzene rings is 1. The van der Waals surface area contributed by atoms with Gasteiger partial charge in [-0.25, -0.2) is 4.39 Å². The Labute approximate surface area is 123 Å². The van der Waals surface area contributed by atoms with Gasteiger partial charge in [0.15, 0.2) is 5.76 Å². The molecule has 0 radical (unpaired) electrons. The first-order valence-electron chi connectivity index (χ1n) is 6.13. The van der Waals surface area contributed by atoms with E-state index in [1.165, 1.54) is 12.1 Å². The van der Waals surface area contributed by atoms with E-state index < -0.39 is 0 Å². The predicted molar refractivity (Wildman–Crippen MR) is 79.0 cm³/mol. The summed E-state index contributed by atoms with van der Waals surface area (Å²) in [5.74, 6) is -0.248. The number of carbonyl (C=O) groups excluding carboxylic acids is 1. The summed E-state index contributed by atoms with van der Waals surface area (Å²) >= 11 is 0. The average Bonchev–Trinajstić information content (AvgIpc) is 2.72. The molecule has 0 aliphatic heterocycles. The minimum atomic E-state index is -0.334. The quantitative estimate of drug-likeness (QED) is 0.944. The minimum absolute atomic E-state index is 0. The minimum Gasteiger partial charge on any atom is -0.451 e. The number of fused-ring (bicyclic) bond motifs is 1. The van der Waals surface area contributed by atoms with E-state index in [9.17, 15) is 9.18 Å². The molecular weight excluding hydrogens is 283 g/mol. The summed E-state index contributed by atoms with van der Waals surface area (Å²) in [7, 11) is 3.54. The van der Waals surface area contributed by atoms with Crippen LogP contribution in [-0.2, 0) is 0 Å². The van der Waals surface area contributed by atoms with Crippen molar-refractivity contribution in [3.63, 3.8) is 0 Å². The molecule has 0 saturated carbocycles. The van der Waals surface area contributed by atoms with Gasteiger partial charge in [0, 0.05) is 31.1 Å². The van der Waals surface area contributed by atoms with Crippen molar-refractivity contribution in [2.75, 3.05) is 27.2 Å². The van der Waals surface area contributed by atoms with Gasteiger partial charge in [0.05, 0.1) is 0 Å². The van der Waals surface area contributed by atoms with Crippen molar-refractivity contribution < 1.29 is 13.6 Å². The van der Waals surface area contributed by atoms with Gasteiger partial charge < -0.3 is 14.6 Å². The second kappa shape index (κ2) is 6.72. The fraction of sp³-hybridized carbons (Fsp3) is 0.357. The topological polar surface area (TPSA) is 45.5 Å². The summed E-state index contributed by atoms with van der Waals surface area (Å²) in [6, 6.07) is 4.25. The van der Waals surface area contributed by atoms with Crippen molar-refractivity contribution in [2.24, 2.45) is 0 Å². The molecule has 1 aromatic heterocycles. The third-order valence-electron chi connectivity index (χ3n) is 3.14. The van der Waals surface area contributed by atoms with Gasteiger partial charge in [0.25, 0.3) is 5.91 Å². The molecule has 110 valence electrons. The van der Waals surface area contributed by atoms with Crippen LogP contribution in [0.4, 0.5) is 4.39 Å². The fourth-order valence-electron chi connectivity index (χ4n) is 1.95. The number of likely N-dealkylation sites (N-methyl/N-ethyl adjacent to an activating group) is 2. The van der Waals surface area contributed by atoms with Crippen LogP contribution < -0.4 is 5.32 Å². The Morgan fingerprint density at radius 3 is 2.80 bits per heavy atom. The highest BCUT2D eigenvalue weighted by molar-refractivity contribution is 5.98. The molecule has 0 fully saturated rings. The molecule has 4 nitrogen and oxygen atoms in total. The van der Waals surface area contributed by atoms with Gasteiger partial charge in [0.1, 0.15) is 11.4 Å². The zero-order valence-electron chi connectivity index (χ0n) is 11.7. The second-order valence-corrected chi connectivity index (χ2v) is 4.53. The number of furan rings is 1. The van der Waals surface area contributed by atoms with Crippen LogP contribution in [0.25, 0.3) is 11.0 Å². The van der Waals surface area contributed by atoms with Gasteiger partial charge in [-0.15, -0.1) is 12.4 Å². The molecule has 0 aliphatic rings. The standard InChI is InChI=1S/C14H17FN2O2.ClH/c1-9-11-8-10(15)4-5-12(11)19-13(9)14(18)17(3)7-6-16-2;/h4-5,8,16H,6-7H2,1-3H3;1H. The van der Waals surface area contributed by atoms with Crippen LogP contribution in [0.15, 0.2) is 22.6 Å². The Kier molecular flexibility index (Phi) is 5.53. The summed E-state index contributed by atoms with van der Waals surface area (Å²) < 4.78 is 18.7. The van der Waals surface area contributed by atoms with E-state index in [1.54, 1.807) is 24.9 Å². The lowest BCUT2D eigenvalue weighted by molar-refractivity contribution is 0.0767. The maximum absolute atomic E-state index is 13.2. The maximum atomic E-state index is 13.2. The van der Waals surface area contributed by atoms with Crippen LogP contribution in [0, 0.1) is 12.7 Å². The van der Waals surface area contributed by atoms with Gasteiger partial charge in [0.2, 0.25) is 0 Å². The van der Waals surface area contributed by atoms with E-state index in [2.05, 4.69) is 5.32 Å². The summed E-state index contributed by atoms with van der Waals surface area (Å²) in [5, 5.41) is 3.62.